The fourth-order valence-corrected chi connectivity index (χ4v) is 3.90. The second kappa shape index (κ2) is 9.36. The van der Waals surface area contributed by atoms with Crippen LogP contribution in [0.2, 0.25) is 0 Å². The number of hydrogen-bond acceptors (Lipinski definition) is 5. The maximum atomic E-state index is 12.6. The molecule has 1 saturated heterocycles. The Hall–Kier alpha value is -2.16. The van der Waals surface area contributed by atoms with Crippen molar-refractivity contribution in [2.24, 2.45) is 0 Å². The van der Waals surface area contributed by atoms with E-state index in [4.69, 9.17) is 5.26 Å². The lowest BCUT2D eigenvalue weighted by Crippen LogP contribution is -2.38. The summed E-state index contributed by atoms with van der Waals surface area (Å²) < 4.78 is 64.0. The number of nitrogens with zero attached hydrogens (tertiary/aromatic N) is 3. The number of rotatable bonds is 6. The number of alkyl halides is 3. The Morgan fingerprint density at radius 1 is 1.14 bits per heavy atom. The molecular weight excluding hydrogens is 397 g/mol. The van der Waals surface area contributed by atoms with E-state index in [-0.39, 0.29) is 49.0 Å². The lowest BCUT2D eigenvalue weighted by Gasteiger charge is -2.23. The number of carbonyl (C=O) groups is 1. The number of carbonyl (C=O) groups excluding carboxylic acids is 1. The van der Waals surface area contributed by atoms with Gasteiger partial charge in [0.05, 0.1) is 17.5 Å². The minimum atomic E-state index is -4.28. The van der Waals surface area contributed by atoms with Crippen LogP contribution in [0.25, 0.3) is 0 Å². The summed E-state index contributed by atoms with van der Waals surface area (Å²) in [5.74, 6) is -0.352. The van der Waals surface area contributed by atoms with Crippen LogP contribution in [0.3, 0.4) is 0 Å². The molecular formula is C17H21F3N4O3S. The van der Waals surface area contributed by atoms with Crippen LogP contribution in [-0.4, -0.2) is 69.6 Å². The maximum absolute atomic E-state index is 12.6. The summed E-state index contributed by atoms with van der Waals surface area (Å²) in [5, 5.41) is 8.46. The van der Waals surface area contributed by atoms with E-state index in [9.17, 15) is 26.4 Å². The van der Waals surface area contributed by atoms with Crippen molar-refractivity contribution in [3.05, 3.63) is 29.8 Å². The zero-order chi connectivity index (χ0) is 20.8. The largest absolute Gasteiger partial charge is 0.401 e. The van der Waals surface area contributed by atoms with Gasteiger partial charge < -0.3 is 4.90 Å². The summed E-state index contributed by atoms with van der Waals surface area (Å²) in [5.41, 5.74) is 0.264. The van der Waals surface area contributed by atoms with Gasteiger partial charge in [-0.25, -0.2) is 13.1 Å². The smallest absolute Gasteiger partial charge is 0.337 e. The number of amides is 1. The molecule has 28 heavy (non-hydrogen) atoms. The van der Waals surface area contributed by atoms with Gasteiger partial charge in [-0.2, -0.15) is 18.4 Å². The van der Waals surface area contributed by atoms with Crippen molar-refractivity contribution in [1.29, 1.82) is 5.26 Å². The van der Waals surface area contributed by atoms with Gasteiger partial charge in [-0.15, -0.1) is 0 Å². The molecule has 0 bridgehead atoms. The fourth-order valence-electron chi connectivity index (χ4n) is 2.87. The van der Waals surface area contributed by atoms with Crippen molar-refractivity contribution in [3.8, 4) is 6.07 Å². The average molecular weight is 418 g/mol. The number of halogens is 3. The highest BCUT2D eigenvalue weighted by Gasteiger charge is 2.32. The van der Waals surface area contributed by atoms with E-state index in [0.29, 0.717) is 13.0 Å². The van der Waals surface area contributed by atoms with Crippen molar-refractivity contribution in [2.75, 3.05) is 39.3 Å². The first-order valence-corrected chi connectivity index (χ1v) is 10.2. The summed E-state index contributed by atoms with van der Waals surface area (Å²) in [6.07, 6.45) is -3.81. The third kappa shape index (κ3) is 6.47. The molecule has 1 aromatic rings. The van der Waals surface area contributed by atoms with Crippen LogP contribution < -0.4 is 4.72 Å². The maximum Gasteiger partial charge on any atom is 0.401 e. The normalized spacial score (nSPS) is 16.4. The minimum absolute atomic E-state index is 0.0122. The third-order valence-corrected chi connectivity index (χ3v) is 5.70. The molecule has 1 aromatic carbocycles. The molecule has 0 saturated carbocycles. The average Bonchev–Trinajstić information content (AvgIpc) is 2.85. The standard InChI is InChI=1S/C17H21F3N4O3S/c18-17(19,20)13-23-9-2-10-24(12-11-23)16(25)14-3-5-15(6-4-14)28(26,27)22-8-1-7-21/h3-6,22H,1-2,8-13H2. The third-order valence-electron chi connectivity index (χ3n) is 4.22. The van der Waals surface area contributed by atoms with Gasteiger partial charge in [-0.3, -0.25) is 9.69 Å². The van der Waals surface area contributed by atoms with E-state index in [1.54, 1.807) is 0 Å². The summed E-state index contributed by atoms with van der Waals surface area (Å²) in [6, 6.07) is 7.15. The van der Waals surface area contributed by atoms with Gasteiger partial charge in [0.1, 0.15) is 0 Å². The van der Waals surface area contributed by atoms with Crippen LogP contribution >= 0.6 is 0 Å². The van der Waals surface area contributed by atoms with E-state index >= 15 is 0 Å². The zero-order valence-electron chi connectivity index (χ0n) is 15.1. The number of sulfonamides is 1. The van der Waals surface area contributed by atoms with Gasteiger partial charge in [0, 0.05) is 44.7 Å². The molecule has 0 unspecified atom stereocenters. The van der Waals surface area contributed by atoms with Crippen LogP contribution in [0, 0.1) is 11.3 Å². The molecule has 0 aromatic heterocycles. The molecule has 1 heterocycles. The van der Waals surface area contributed by atoms with Crippen molar-refractivity contribution in [2.45, 2.75) is 23.9 Å². The van der Waals surface area contributed by atoms with Crippen molar-refractivity contribution < 1.29 is 26.4 Å². The summed E-state index contributed by atoms with van der Waals surface area (Å²) in [4.78, 5) is 15.3. The van der Waals surface area contributed by atoms with E-state index in [1.807, 2.05) is 6.07 Å². The number of benzene rings is 1. The summed E-state index contributed by atoms with van der Waals surface area (Å²) in [7, 11) is -3.77. The van der Waals surface area contributed by atoms with Crippen molar-refractivity contribution in [3.63, 3.8) is 0 Å². The van der Waals surface area contributed by atoms with Crippen LogP contribution in [0.5, 0.6) is 0 Å². The molecule has 0 radical (unpaired) electrons. The summed E-state index contributed by atoms with van der Waals surface area (Å²) >= 11 is 0. The van der Waals surface area contributed by atoms with Gasteiger partial charge in [0.15, 0.2) is 0 Å². The van der Waals surface area contributed by atoms with Crippen LogP contribution in [-0.2, 0) is 10.0 Å². The van der Waals surface area contributed by atoms with Crippen molar-refractivity contribution in [1.82, 2.24) is 14.5 Å². The first-order chi connectivity index (χ1) is 13.1. The number of hydrogen-bond donors (Lipinski definition) is 1. The molecule has 11 heteroatoms. The molecule has 7 nitrogen and oxygen atoms in total. The second-order valence-corrected chi connectivity index (χ2v) is 8.13. The quantitative estimate of drug-likeness (QED) is 0.708. The fraction of sp³-hybridized carbons (Fsp3) is 0.529. The highest BCUT2D eigenvalue weighted by atomic mass is 32.2. The van der Waals surface area contributed by atoms with Gasteiger partial charge in [0.2, 0.25) is 10.0 Å². The number of nitriles is 1. The predicted octanol–water partition coefficient (Wildman–Crippen LogP) is 1.59. The molecule has 1 aliphatic heterocycles. The Kier molecular flexibility index (Phi) is 7.40. The first kappa shape index (κ1) is 22.1. The lowest BCUT2D eigenvalue weighted by atomic mass is 10.2. The highest BCUT2D eigenvalue weighted by Crippen LogP contribution is 2.18. The zero-order valence-corrected chi connectivity index (χ0v) is 15.9. The molecule has 1 aliphatic rings. The summed E-state index contributed by atoms with van der Waals surface area (Å²) in [6.45, 7) is -0.120. The Bertz CT molecular complexity index is 820. The van der Waals surface area contributed by atoms with Gasteiger partial charge in [-0.1, -0.05) is 0 Å². The Morgan fingerprint density at radius 2 is 1.82 bits per heavy atom. The van der Waals surface area contributed by atoms with Crippen LogP contribution in [0.15, 0.2) is 29.2 Å². The van der Waals surface area contributed by atoms with Gasteiger partial charge in [-0.05, 0) is 30.7 Å². The van der Waals surface area contributed by atoms with Crippen molar-refractivity contribution >= 4 is 15.9 Å². The highest BCUT2D eigenvalue weighted by molar-refractivity contribution is 7.89. The molecule has 2 rings (SSSR count). The predicted molar refractivity (Wildman–Crippen MR) is 94.9 cm³/mol. The minimum Gasteiger partial charge on any atom is -0.337 e. The molecule has 1 N–H and O–H groups in total. The molecule has 0 atom stereocenters. The second-order valence-electron chi connectivity index (χ2n) is 6.37. The molecule has 0 aliphatic carbocycles. The van der Waals surface area contributed by atoms with Gasteiger partial charge in [0.25, 0.3) is 5.91 Å². The Labute approximate surface area is 161 Å². The Morgan fingerprint density at radius 3 is 2.43 bits per heavy atom. The molecule has 1 amide bonds. The van der Waals surface area contributed by atoms with E-state index in [0.717, 1.165) is 0 Å². The van der Waals surface area contributed by atoms with E-state index < -0.39 is 22.7 Å². The number of nitrogens with one attached hydrogen (secondary N) is 1. The molecule has 1 fully saturated rings. The monoisotopic (exact) mass is 418 g/mol. The molecule has 154 valence electrons. The Balaban J connectivity index is 2.00. The van der Waals surface area contributed by atoms with Gasteiger partial charge >= 0.3 is 6.18 Å². The van der Waals surface area contributed by atoms with E-state index in [2.05, 4.69) is 4.72 Å². The van der Waals surface area contributed by atoms with Crippen LogP contribution in [0.1, 0.15) is 23.2 Å². The van der Waals surface area contributed by atoms with E-state index in [1.165, 1.54) is 34.1 Å². The lowest BCUT2D eigenvalue weighted by molar-refractivity contribution is -0.145. The topological polar surface area (TPSA) is 93.5 Å². The first-order valence-electron chi connectivity index (χ1n) is 8.67. The molecule has 0 spiro atoms. The van der Waals surface area contributed by atoms with Crippen LogP contribution in [0.4, 0.5) is 13.2 Å². The SMILES string of the molecule is N#CCCNS(=O)(=O)c1ccc(C(=O)N2CCCN(CC(F)(F)F)CC2)cc1.